The first kappa shape index (κ1) is 28.0. The number of hydrogen-bond acceptors (Lipinski definition) is 8. The number of oxime groups is 1. The van der Waals surface area contributed by atoms with Crippen LogP contribution in [0.3, 0.4) is 0 Å². The van der Waals surface area contributed by atoms with Crippen LogP contribution in [0.15, 0.2) is 78.0 Å². The Morgan fingerprint density at radius 2 is 1.61 bits per heavy atom. The SMILES string of the molecule is CCOC(=O)CCc1ccc(OCc2ccc(OCC(=NOC)c3ccccc3)cc2)cc1OCC(=O)O. The fourth-order valence-corrected chi connectivity index (χ4v) is 3.48. The summed E-state index contributed by atoms with van der Waals surface area (Å²) in [5.41, 5.74) is 3.19. The summed E-state index contributed by atoms with van der Waals surface area (Å²) >= 11 is 0. The molecule has 0 saturated carbocycles. The number of carboxylic acids is 1. The van der Waals surface area contributed by atoms with Crippen LogP contribution in [0.5, 0.6) is 17.2 Å². The molecule has 0 aliphatic carbocycles. The van der Waals surface area contributed by atoms with Crippen LogP contribution in [-0.2, 0) is 32.2 Å². The van der Waals surface area contributed by atoms with Crippen molar-refractivity contribution >= 4 is 17.7 Å². The summed E-state index contributed by atoms with van der Waals surface area (Å²) in [6, 6.07) is 22.3. The Morgan fingerprint density at radius 1 is 0.868 bits per heavy atom. The van der Waals surface area contributed by atoms with E-state index in [1.807, 2.05) is 54.6 Å². The third-order valence-electron chi connectivity index (χ3n) is 5.31. The second-order valence-electron chi connectivity index (χ2n) is 8.06. The first-order chi connectivity index (χ1) is 18.5. The van der Waals surface area contributed by atoms with Gasteiger partial charge in [-0.2, -0.15) is 0 Å². The van der Waals surface area contributed by atoms with Crippen molar-refractivity contribution in [2.24, 2.45) is 5.16 Å². The van der Waals surface area contributed by atoms with Crippen LogP contribution >= 0.6 is 0 Å². The van der Waals surface area contributed by atoms with Gasteiger partial charge in [-0.05, 0) is 42.7 Å². The number of esters is 1. The number of nitrogens with zero attached hydrogens (tertiary/aromatic N) is 1. The Morgan fingerprint density at radius 3 is 2.29 bits per heavy atom. The number of aliphatic carboxylic acids is 1. The van der Waals surface area contributed by atoms with Crippen LogP contribution in [-0.4, -0.2) is 49.7 Å². The number of carbonyl (C=O) groups is 2. The van der Waals surface area contributed by atoms with E-state index in [4.69, 9.17) is 28.9 Å². The molecule has 0 heterocycles. The number of carbonyl (C=O) groups excluding carboxylic acids is 1. The Hall–Kier alpha value is -4.53. The van der Waals surface area contributed by atoms with E-state index in [-0.39, 0.29) is 25.6 Å². The van der Waals surface area contributed by atoms with Gasteiger partial charge in [-0.1, -0.05) is 53.7 Å². The molecule has 9 nitrogen and oxygen atoms in total. The summed E-state index contributed by atoms with van der Waals surface area (Å²) in [6.45, 7) is 2.07. The normalized spacial score (nSPS) is 10.9. The second-order valence-corrected chi connectivity index (χ2v) is 8.06. The molecule has 0 radical (unpaired) electrons. The standard InChI is InChI=1S/C29H31NO8/c1-3-35-29(33)16-12-23-11-15-25(17-27(23)38-20-28(31)32)36-18-21-9-13-24(14-10-21)37-19-26(30-34-2)22-7-5-4-6-8-22/h4-11,13-15,17H,3,12,16,18-20H2,1-2H3,(H,31,32). The molecule has 0 amide bonds. The van der Waals surface area contributed by atoms with Gasteiger partial charge in [0.25, 0.3) is 0 Å². The summed E-state index contributed by atoms with van der Waals surface area (Å²) in [5.74, 6) is 0.105. The van der Waals surface area contributed by atoms with Gasteiger partial charge in [0, 0.05) is 18.1 Å². The van der Waals surface area contributed by atoms with Gasteiger partial charge in [-0.25, -0.2) is 4.79 Å². The third kappa shape index (κ3) is 9.16. The highest BCUT2D eigenvalue weighted by Gasteiger charge is 2.12. The maximum absolute atomic E-state index is 11.7. The van der Waals surface area contributed by atoms with E-state index in [0.717, 1.165) is 11.1 Å². The van der Waals surface area contributed by atoms with Gasteiger partial charge in [0.1, 0.15) is 43.3 Å². The molecule has 0 aromatic heterocycles. The van der Waals surface area contributed by atoms with Crippen molar-refractivity contribution in [2.75, 3.05) is 26.9 Å². The molecule has 1 N–H and O–H groups in total. The molecule has 0 aliphatic heterocycles. The van der Waals surface area contributed by atoms with E-state index in [2.05, 4.69) is 5.16 Å². The molecule has 3 aromatic carbocycles. The zero-order valence-corrected chi connectivity index (χ0v) is 21.4. The van der Waals surface area contributed by atoms with Crippen LogP contribution < -0.4 is 14.2 Å². The first-order valence-corrected chi connectivity index (χ1v) is 12.1. The molecular weight excluding hydrogens is 490 g/mol. The molecule has 0 aliphatic rings. The molecule has 9 heteroatoms. The van der Waals surface area contributed by atoms with Gasteiger partial charge < -0.3 is 28.9 Å². The Labute approximate surface area is 221 Å². The number of rotatable bonds is 15. The summed E-state index contributed by atoms with van der Waals surface area (Å²) in [7, 11) is 1.50. The predicted octanol–water partition coefficient (Wildman–Crippen LogP) is 4.65. The van der Waals surface area contributed by atoms with Crippen LogP contribution in [0.2, 0.25) is 0 Å². The van der Waals surface area contributed by atoms with Gasteiger partial charge in [0.15, 0.2) is 6.61 Å². The van der Waals surface area contributed by atoms with Crippen LogP contribution in [0, 0.1) is 0 Å². The largest absolute Gasteiger partial charge is 0.489 e. The lowest BCUT2D eigenvalue weighted by molar-refractivity contribution is -0.143. The van der Waals surface area contributed by atoms with Gasteiger partial charge in [0.2, 0.25) is 0 Å². The highest BCUT2D eigenvalue weighted by Crippen LogP contribution is 2.27. The van der Waals surface area contributed by atoms with E-state index in [9.17, 15) is 9.59 Å². The summed E-state index contributed by atoms with van der Waals surface area (Å²) in [5, 5.41) is 13.1. The topological polar surface area (TPSA) is 113 Å². The molecule has 0 unspecified atom stereocenters. The molecule has 0 fully saturated rings. The molecular formula is C29H31NO8. The fraction of sp³-hybridized carbons (Fsp3) is 0.276. The number of aryl methyl sites for hydroxylation is 1. The molecule has 0 spiro atoms. The Bertz CT molecular complexity index is 1210. The van der Waals surface area contributed by atoms with E-state index < -0.39 is 12.6 Å². The summed E-state index contributed by atoms with van der Waals surface area (Å²) < 4.78 is 22.2. The smallest absolute Gasteiger partial charge is 0.341 e. The first-order valence-electron chi connectivity index (χ1n) is 12.1. The lowest BCUT2D eigenvalue weighted by Gasteiger charge is -2.13. The van der Waals surface area contributed by atoms with Gasteiger partial charge in [0.05, 0.1) is 6.61 Å². The average molecular weight is 522 g/mol. The van der Waals surface area contributed by atoms with Crippen molar-refractivity contribution in [2.45, 2.75) is 26.4 Å². The Kier molecular flexibility index (Phi) is 11.0. The van der Waals surface area contributed by atoms with Gasteiger partial charge in [-0.3, -0.25) is 4.79 Å². The number of benzene rings is 3. The highest BCUT2D eigenvalue weighted by atomic mass is 16.6. The number of ether oxygens (including phenoxy) is 4. The minimum absolute atomic E-state index is 0.163. The van der Waals surface area contributed by atoms with Gasteiger partial charge in [-0.15, -0.1) is 0 Å². The predicted molar refractivity (Wildman–Crippen MR) is 141 cm³/mol. The van der Waals surface area contributed by atoms with Crippen molar-refractivity contribution < 1.29 is 38.5 Å². The van der Waals surface area contributed by atoms with E-state index in [0.29, 0.717) is 41.6 Å². The zero-order valence-electron chi connectivity index (χ0n) is 21.4. The fourth-order valence-electron chi connectivity index (χ4n) is 3.48. The molecule has 0 atom stereocenters. The Balaban J connectivity index is 1.58. The van der Waals surface area contributed by atoms with Crippen molar-refractivity contribution in [3.63, 3.8) is 0 Å². The van der Waals surface area contributed by atoms with Gasteiger partial charge >= 0.3 is 11.9 Å². The molecule has 3 aromatic rings. The van der Waals surface area contributed by atoms with Crippen LogP contribution in [0.4, 0.5) is 0 Å². The second kappa shape index (κ2) is 14.9. The van der Waals surface area contributed by atoms with Crippen LogP contribution in [0.25, 0.3) is 0 Å². The van der Waals surface area contributed by atoms with Crippen molar-refractivity contribution in [3.05, 3.63) is 89.5 Å². The monoisotopic (exact) mass is 521 g/mol. The van der Waals surface area contributed by atoms with Crippen molar-refractivity contribution in [1.29, 1.82) is 0 Å². The van der Waals surface area contributed by atoms with E-state index in [1.54, 1.807) is 25.1 Å². The maximum Gasteiger partial charge on any atom is 0.341 e. The molecule has 0 bridgehead atoms. The number of hydrogen-bond donors (Lipinski definition) is 1. The minimum atomic E-state index is -1.10. The summed E-state index contributed by atoms with van der Waals surface area (Å²) in [6.07, 6.45) is 0.520. The summed E-state index contributed by atoms with van der Waals surface area (Å²) in [4.78, 5) is 27.7. The molecule has 0 saturated heterocycles. The van der Waals surface area contributed by atoms with Crippen LogP contribution in [0.1, 0.15) is 30.0 Å². The van der Waals surface area contributed by atoms with E-state index in [1.165, 1.54) is 7.11 Å². The lowest BCUT2D eigenvalue weighted by atomic mass is 10.1. The third-order valence-corrected chi connectivity index (χ3v) is 5.31. The van der Waals surface area contributed by atoms with Crippen molar-refractivity contribution in [3.8, 4) is 17.2 Å². The molecule has 200 valence electrons. The maximum atomic E-state index is 11.7. The average Bonchev–Trinajstić information content (AvgIpc) is 2.93. The van der Waals surface area contributed by atoms with E-state index >= 15 is 0 Å². The lowest BCUT2D eigenvalue weighted by Crippen LogP contribution is -2.13. The minimum Gasteiger partial charge on any atom is -0.489 e. The highest BCUT2D eigenvalue weighted by molar-refractivity contribution is 6.01. The van der Waals surface area contributed by atoms with Crippen molar-refractivity contribution in [1.82, 2.24) is 0 Å². The molecule has 38 heavy (non-hydrogen) atoms. The number of carboxylic acid groups (broad SMARTS) is 1. The quantitative estimate of drug-likeness (QED) is 0.175. The zero-order chi connectivity index (χ0) is 27.2. The molecule has 3 rings (SSSR count).